The van der Waals surface area contributed by atoms with Crippen molar-refractivity contribution in [3.63, 3.8) is 0 Å². The van der Waals surface area contributed by atoms with Gasteiger partial charge in [0.05, 0.1) is 0 Å². The van der Waals surface area contributed by atoms with E-state index in [0.717, 1.165) is 6.92 Å². The Balaban J connectivity index is 5.38. The molecule has 0 unspecified atom stereocenters. The average molecular weight is 287 g/mol. The lowest BCUT2D eigenvalue weighted by atomic mass is 10.1. The largest absolute Gasteiger partial charge is 0.427 e. The molecule has 17 heavy (non-hydrogen) atoms. The Labute approximate surface area is 95.7 Å². The summed E-state index contributed by atoms with van der Waals surface area (Å²) in [5.74, 6) is -4.46. The molecule has 0 atom stereocenters. The summed E-state index contributed by atoms with van der Waals surface area (Å²) in [6.07, 6.45) is -12.9. The fourth-order valence-corrected chi connectivity index (χ4v) is 0.677. The summed E-state index contributed by atoms with van der Waals surface area (Å²) in [4.78, 5) is 16.0. The van der Waals surface area contributed by atoms with E-state index in [0.29, 0.717) is 0 Å². The van der Waals surface area contributed by atoms with Crippen molar-refractivity contribution in [3.05, 3.63) is 0 Å². The van der Waals surface area contributed by atoms with Crippen molar-refractivity contribution in [1.29, 1.82) is 0 Å². The van der Waals surface area contributed by atoms with E-state index in [9.17, 15) is 35.9 Å². The van der Waals surface area contributed by atoms with Crippen molar-refractivity contribution >= 4 is 23.5 Å². The molecule has 0 aliphatic carbocycles. The van der Waals surface area contributed by atoms with Crippen molar-refractivity contribution in [1.82, 2.24) is 0 Å². The summed E-state index contributed by atoms with van der Waals surface area (Å²) in [5, 5.41) is 0. The summed E-state index contributed by atoms with van der Waals surface area (Å²) in [6.45, 7) is 1.08. The van der Waals surface area contributed by atoms with Crippen LogP contribution in [0.5, 0.6) is 0 Å². The van der Waals surface area contributed by atoms with Gasteiger partial charge < -0.3 is 4.74 Å². The molecule has 0 amide bonds. The number of hydrogen-bond donors (Lipinski definition) is 0. The SMILES string of the molecule is CCC(=O)OC(=O)C(Cl)(C(F)(F)F)C(F)(F)F. The first-order valence-corrected chi connectivity index (χ1v) is 4.33. The first-order chi connectivity index (χ1) is 7.38. The Bertz CT molecular complexity index is 307. The van der Waals surface area contributed by atoms with Gasteiger partial charge in [0.15, 0.2) is 0 Å². The number of hydrogen-bond acceptors (Lipinski definition) is 3. The molecule has 0 spiro atoms. The van der Waals surface area contributed by atoms with E-state index in [1.165, 1.54) is 0 Å². The number of rotatable bonds is 2. The minimum absolute atomic E-state index is 0.575. The van der Waals surface area contributed by atoms with Gasteiger partial charge in [-0.25, -0.2) is 4.79 Å². The van der Waals surface area contributed by atoms with Crippen LogP contribution in [0.25, 0.3) is 0 Å². The lowest BCUT2D eigenvalue weighted by Crippen LogP contribution is -2.59. The molecule has 0 saturated carbocycles. The Kier molecular flexibility index (Phi) is 4.44. The van der Waals surface area contributed by atoms with Crippen LogP contribution in [0.3, 0.4) is 0 Å². The number of alkyl halides is 7. The molecule has 10 heteroatoms. The van der Waals surface area contributed by atoms with Crippen molar-refractivity contribution in [3.8, 4) is 0 Å². The Hall–Kier alpha value is -0.990. The monoisotopic (exact) mass is 286 g/mol. The highest BCUT2D eigenvalue weighted by Gasteiger charge is 2.76. The molecular formula is C7H5ClF6O3. The fraction of sp³-hybridized carbons (Fsp3) is 0.714. The maximum absolute atomic E-state index is 12.1. The Morgan fingerprint density at radius 3 is 1.65 bits per heavy atom. The molecule has 0 heterocycles. The number of carbonyl (C=O) groups excluding carboxylic acids is 2. The maximum Gasteiger partial charge on any atom is 0.427 e. The van der Waals surface area contributed by atoms with Crippen LogP contribution in [-0.4, -0.2) is 29.2 Å². The number of halogens is 7. The van der Waals surface area contributed by atoms with E-state index in [2.05, 4.69) is 16.3 Å². The van der Waals surface area contributed by atoms with Crippen LogP contribution in [0.15, 0.2) is 0 Å². The van der Waals surface area contributed by atoms with E-state index < -0.39 is 35.6 Å². The van der Waals surface area contributed by atoms with E-state index in [4.69, 9.17) is 0 Å². The van der Waals surface area contributed by atoms with Gasteiger partial charge in [0.1, 0.15) is 0 Å². The molecule has 0 aliphatic heterocycles. The number of ether oxygens (including phenoxy) is 1. The average Bonchev–Trinajstić information content (AvgIpc) is 2.12. The first-order valence-electron chi connectivity index (χ1n) is 3.95. The molecule has 3 nitrogen and oxygen atoms in total. The predicted octanol–water partition coefficient (Wildman–Crippen LogP) is 2.57. The molecule has 0 aromatic heterocycles. The summed E-state index contributed by atoms with van der Waals surface area (Å²) >= 11 is 4.27. The van der Waals surface area contributed by atoms with Gasteiger partial charge in [-0.2, -0.15) is 26.3 Å². The predicted molar refractivity (Wildman–Crippen MR) is 42.1 cm³/mol. The zero-order chi connectivity index (χ0) is 14.1. The molecule has 0 fully saturated rings. The van der Waals surface area contributed by atoms with Gasteiger partial charge >= 0.3 is 29.2 Å². The smallest absolute Gasteiger partial charge is 0.391 e. The van der Waals surface area contributed by atoms with Crippen LogP contribution >= 0.6 is 11.6 Å². The Morgan fingerprint density at radius 2 is 1.41 bits per heavy atom. The van der Waals surface area contributed by atoms with Crippen LogP contribution < -0.4 is 0 Å². The number of carbonyl (C=O) groups is 2. The van der Waals surface area contributed by atoms with Crippen LogP contribution in [0.1, 0.15) is 13.3 Å². The highest BCUT2D eigenvalue weighted by molar-refractivity contribution is 6.36. The summed E-state index contributed by atoms with van der Waals surface area (Å²) in [5.41, 5.74) is 0. The molecule has 0 bridgehead atoms. The van der Waals surface area contributed by atoms with Crippen LogP contribution in [0.2, 0.25) is 0 Å². The quantitative estimate of drug-likeness (QED) is 0.339. The zero-order valence-electron chi connectivity index (χ0n) is 8.08. The fourth-order valence-electron chi connectivity index (χ4n) is 0.638. The standard InChI is InChI=1S/C7H5ClF6O3/c1-2-3(15)17-4(16)5(8,6(9,10)11)7(12,13)14/h2H2,1H3. The minimum Gasteiger partial charge on any atom is -0.391 e. The van der Waals surface area contributed by atoms with Crippen LogP contribution in [0, 0.1) is 0 Å². The van der Waals surface area contributed by atoms with Gasteiger partial charge in [0.2, 0.25) is 0 Å². The summed E-state index contributed by atoms with van der Waals surface area (Å²) < 4.78 is 76.2. The molecular weight excluding hydrogens is 282 g/mol. The maximum atomic E-state index is 12.1. The van der Waals surface area contributed by atoms with Crippen molar-refractivity contribution in [2.45, 2.75) is 30.6 Å². The molecule has 0 aromatic rings. The molecule has 0 N–H and O–H groups in total. The van der Waals surface area contributed by atoms with Gasteiger partial charge in [-0.05, 0) is 0 Å². The van der Waals surface area contributed by atoms with E-state index in [-0.39, 0.29) is 0 Å². The molecule has 0 rings (SSSR count). The minimum atomic E-state index is -6.14. The first kappa shape index (κ1) is 16.0. The van der Waals surface area contributed by atoms with Gasteiger partial charge in [-0.3, -0.25) is 4.79 Å². The third-order valence-corrected chi connectivity index (χ3v) is 2.14. The van der Waals surface area contributed by atoms with Crippen LogP contribution in [0.4, 0.5) is 26.3 Å². The van der Waals surface area contributed by atoms with Crippen molar-refractivity contribution < 1.29 is 40.7 Å². The molecule has 0 saturated heterocycles. The zero-order valence-corrected chi connectivity index (χ0v) is 8.83. The van der Waals surface area contributed by atoms with Gasteiger partial charge in [0.25, 0.3) is 0 Å². The second-order valence-electron chi connectivity index (χ2n) is 2.77. The topological polar surface area (TPSA) is 43.4 Å². The van der Waals surface area contributed by atoms with E-state index in [1.54, 1.807) is 0 Å². The third kappa shape index (κ3) is 3.02. The number of esters is 2. The van der Waals surface area contributed by atoms with Crippen molar-refractivity contribution in [2.24, 2.45) is 0 Å². The lowest BCUT2D eigenvalue weighted by molar-refractivity contribution is -0.266. The summed E-state index contributed by atoms with van der Waals surface area (Å²) in [7, 11) is 0. The van der Waals surface area contributed by atoms with Crippen LogP contribution in [-0.2, 0) is 14.3 Å². The normalized spacial score (nSPS) is 13.4. The molecule has 0 radical (unpaired) electrons. The third-order valence-electron chi connectivity index (χ3n) is 1.56. The molecule has 100 valence electrons. The highest BCUT2D eigenvalue weighted by atomic mass is 35.5. The second kappa shape index (κ2) is 4.71. The van der Waals surface area contributed by atoms with Gasteiger partial charge in [-0.15, -0.1) is 0 Å². The summed E-state index contributed by atoms with van der Waals surface area (Å²) in [6, 6.07) is 0. The van der Waals surface area contributed by atoms with Gasteiger partial charge in [0, 0.05) is 6.42 Å². The molecule has 0 aromatic carbocycles. The molecule has 0 aliphatic rings. The second-order valence-corrected chi connectivity index (χ2v) is 3.34. The van der Waals surface area contributed by atoms with E-state index >= 15 is 0 Å². The van der Waals surface area contributed by atoms with E-state index in [1.807, 2.05) is 0 Å². The van der Waals surface area contributed by atoms with Gasteiger partial charge in [-0.1, -0.05) is 18.5 Å². The lowest BCUT2D eigenvalue weighted by Gasteiger charge is -2.28. The van der Waals surface area contributed by atoms with Crippen molar-refractivity contribution in [2.75, 3.05) is 0 Å². The Morgan fingerprint density at radius 1 is 1.06 bits per heavy atom. The highest BCUT2D eigenvalue weighted by Crippen LogP contribution is 2.48.